The maximum absolute atomic E-state index is 4.54. The molecular weight excluding hydrogens is 927 g/mol. The van der Waals surface area contributed by atoms with Crippen LogP contribution in [-0.4, -0.2) is 33.6 Å². The molecule has 0 N–H and O–H groups in total. The summed E-state index contributed by atoms with van der Waals surface area (Å²) in [6.45, 7) is 72.3. The second-order valence-electron chi connectivity index (χ2n) is 26.0. The number of rotatable bonds is 0. The molecular formula is C61H105N7S3. The predicted octanol–water partition coefficient (Wildman–Crippen LogP) is 18.2. The molecule has 402 valence electrons. The second-order valence-corrected chi connectivity index (χ2v) is 29.9. The van der Waals surface area contributed by atoms with Crippen molar-refractivity contribution in [3.63, 3.8) is 0 Å². The molecule has 6 heterocycles. The fourth-order valence-corrected chi connectivity index (χ4v) is 12.5. The highest BCUT2D eigenvalue weighted by atomic mass is 32.1. The van der Waals surface area contributed by atoms with E-state index in [1.54, 1.807) is 11.3 Å². The number of aromatic nitrogens is 7. The molecule has 0 aromatic carbocycles. The molecule has 6 rings (SSSR count). The highest BCUT2D eigenvalue weighted by molar-refractivity contribution is 7.12. The molecule has 7 nitrogen and oxygen atoms in total. The number of thiazole rings is 2. The Morgan fingerprint density at radius 1 is 0.352 bits per heavy atom. The molecule has 10 heteroatoms. The van der Waals surface area contributed by atoms with E-state index in [9.17, 15) is 0 Å². The Kier molecular flexibility index (Phi) is 22.5. The zero-order valence-corrected chi connectivity index (χ0v) is 54.8. The third kappa shape index (κ3) is 17.9. The van der Waals surface area contributed by atoms with Gasteiger partial charge in [0.2, 0.25) is 0 Å². The quantitative estimate of drug-likeness (QED) is 0.152. The summed E-state index contributed by atoms with van der Waals surface area (Å²) in [4.78, 5) is 23.7. The van der Waals surface area contributed by atoms with Crippen LogP contribution in [0, 0.1) is 104 Å². The summed E-state index contributed by atoms with van der Waals surface area (Å²) in [6, 6.07) is 0. The van der Waals surface area contributed by atoms with Crippen LogP contribution in [0.4, 0.5) is 0 Å². The molecule has 0 fully saturated rings. The average molecular weight is 1030 g/mol. The monoisotopic (exact) mass is 1030 g/mol. The number of hydrogen-bond acceptors (Lipinski definition) is 7. The van der Waals surface area contributed by atoms with Gasteiger partial charge in [0.15, 0.2) is 0 Å². The normalized spacial score (nSPS) is 12.2. The van der Waals surface area contributed by atoms with Gasteiger partial charge in [0.1, 0.15) is 11.6 Å². The van der Waals surface area contributed by atoms with Gasteiger partial charge in [-0.3, -0.25) is 0 Å². The largest absolute Gasteiger partial charge is 0.343 e. The van der Waals surface area contributed by atoms with E-state index in [-0.39, 0.29) is 27.2 Å². The van der Waals surface area contributed by atoms with E-state index in [4.69, 9.17) is 0 Å². The summed E-state index contributed by atoms with van der Waals surface area (Å²) in [6.07, 6.45) is 0. The molecule has 0 aliphatic rings. The zero-order chi connectivity index (χ0) is 56.2. The lowest BCUT2D eigenvalue weighted by Gasteiger charge is -2.26. The van der Waals surface area contributed by atoms with Crippen LogP contribution in [0.5, 0.6) is 0 Å². The van der Waals surface area contributed by atoms with E-state index >= 15 is 0 Å². The van der Waals surface area contributed by atoms with E-state index in [2.05, 4.69) is 269 Å². The molecule has 0 saturated heterocycles. The van der Waals surface area contributed by atoms with E-state index in [1.807, 2.05) is 29.6 Å². The SMILES string of the molecule is Cc1c(C)c(C)n(C(C)(C)C)c1C.Cc1nc(C(C)(C)C)c(C)s1.Cc1nc(C(C)(C)C)n(C)c1C.Cc1nc(C)c(C(C)(C)C)s1.Cc1nc(C)n(C)c1C(C)(C)C.Cc1sc(C(C)(C)C)c(C)c1C. The van der Waals surface area contributed by atoms with Crippen molar-refractivity contribution in [2.75, 3.05) is 0 Å². The van der Waals surface area contributed by atoms with Crippen molar-refractivity contribution in [3.8, 4) is 0 Å². The highest BCUT2D eigenvalue weighted by Crippen LogP contribution is 2.36. The Hall–Kier alpha value is -3.34. The van der Waals surface area contributed by atoms with Gasteiger partial charge in [-0.05, 0) is 158 Å². The van der Waals surface area contributed by atoms with Gasteiger partial charge in [-0.25, -0.2) is 19.9 Å². The van der Waals surface area contributed by atoms with Crippen LogP contribution in [0.2, 0.25) is 0 Å². The molecule has 0 aliphatic heterocycles. The minimum atomic E-state index is 0.147. The molecule has 6 aromatic rings. The first-order valence-corrected chi connectivity index (χ1v) is 28.2. The molecule has 0 bridgehead atoms. The van der Waals surface area contributed by atoms with Gasteiger partial charge in [0.25, 0.3) is 0 Å². The number of aryl methyl sites for hydroxylation is 8. The van der Waals surface area contributed by atoms with Crippen LogP contribution in [0.3, 0.4) is 0 Å². The fraction of sp³-hybridized carbons (Fsp3) is 0.672. The molecule has 0 spiro atoms. The first-order valence-electron chi connectivity index (χ1n) is 25.7. The van der Waals surface area contributed by atoms with Crippen LogP contribution in [0.15, 0.2) is 0 Å². The Bertz CT molecular complexity index is 2510. The van der Waals surface area contributed by atoms with Crippen molar-refractivity contribution in [2.45, 2.75) is 261 Å². The third-order valence-electron chi connectivity index (χ3n) is 13.0. The summed E-state index contributed by atoms with van der Waals surface area (Å²) < 4.78 is 6.78. The highest BCUT2D eigenvalue weighted by Gasteiger charge is 2.25. The van der Waals surface area contributed by atoms with Crippen molar-refractivity contribution < 1.29 is 0 Å². The Balaban J connectivity index is 0.000000426. The molecule has 0 amide bonds. The van der Waals surface area contributed by atoms with Crippen molar-refractivity contribution >= 4 is 34.0 Å². The van der Waals surface area contributed by atoms with E-state index in [1.165, 1.54) is 85.9 Å². The Morgan fingerprint density at radius 3 is 0.972 bits per heavy atom. The lowest BCUT2D eigenvalue weighted by Crippen LogP contribution is -2.24. The molecule has 6 aromatic heterocycles. The number of imidazole rings is 2. The molecule has 0 atom stereocenters. The van der Waals surface area contributed by atoms with E-state index in [0.717, 1.165) is 23.0 Å². The van der Waals surface area contributed by atoms with Crippen molar-refractivity contribution in [1.29, 1.82) is 0 Å². The minimum Gasteiger partial charge on any atom is -0.343 e. The number of thiophene rings is 1. The van der Waals surface area contributed by atoms with Gasteiger partial charge < -0.3 is 13.7 Å². The third-order valence-corrected chi connectivity index (χ3v) is 17.2. The topological polar surface area (TPSA) is 66.3 Å². The summed E-state index contributed by atoms with van der Waals surface area (Å²) in [5.74, 6) is 2.26. The van der Waals surface area contributed by atoms with Crippen LogP contribution >= 0.6 is 34.0 Å². The Morgan fingerprint density at radius 2 is 0.803 bits per heavy atom. The Labute approximate surface area is 449 Å². The van der Waals surface area contributed by atoms with Crippen LogP contribution in [0.1, 0.15) is 234 Å². The molecule has 71 heavy (non-hydrogen) atoms. The summed E-state index contributed by atoms with van der Waals surface area (Å²) >= 11 is 5.54. The second kappa shape index (κ2) is 24.3. The summed E-state index contributed by atoms with van der Waals surface area (Å²) in [5.41, 5.74) is 17.3. The van der Waals surface area contributed by atoms with Crippen LogP contribution in [-0.2, 0) is 46.7 Å². The zero-order valence-electron chi connectivity index (χ0n) is 52.4. The molecule has 0 unspecified atom stereocenters. The van der Waals surface area contributed by atoms with Crippen molar-refractivity contribution in [3.05, 3.63) is 109 Å². The average Bonchev–Trinajstić information content (AvgIpc) is 3.97. The van der Waals surface area contributed by atoms with Gasteiger partial charge >= 0.3 is 0 Å². The van der Waals surface area contributed by atoms with Gasteiger partial charge in [-0.2, -0.15) is 0 Å². The van der Waals surface area contributed by atoms with Crippen molar-refractivity contribution in [1.82, 2.24) is 33.6 Å². The van der Waals surface area contributed by atoms with Gasteiger partial charge in [0, 0.05) is 78.2 Å². The minimum absolute atomic E-state index is 0.147. The molecule has 0 aliphatic carbocycles. The number of nitrogens with zero attached hydrogens (tertiary/aromatic N) is 7. The fourth-order valence-electron chi connectivity index (χ4n) is 9.25. The lowest BCUT2D eigenvalue weighted by atomic mass is 9.91. The van der Waals surface area contributed by atoms with Crippen molar-refractivity contribution in [2.24, 2.45) is 14.1 Å². The summed E-state index contributed by atoms with van der Waals surface area (Å²) in [7, 11) is 4.16. The van der Waals surface area contributed by atoms with Crippen LogP contribution < -0.4 is 0 Å². The lowest BCUT2D eigenvalue weighted by molar-refractivity contribution is 0.382. The smallest absolute Gasteiger partial charge is 0.114 e. The molecule has 0 radical (unpaired) electrons. The van der Waals surface area contributed by atoms with Gasteiger partial charge in [-0.15, -0.1) is 34.0 Å². The summed E-state index contributed by atoms with van der Waals surface area (Å²) in [5, 5.41) is 2.35. The number of hydrogen-bond donors (Lipinski definition) is 0. The predicted molar refractivity (Wildman–Crippen MR) is 319 cm³/mol. The van der Waals surface area contributed by atoms with Gasteiger partial charge in [0.05, 0.1) is 32.8 Å². The first kappa shape index (κ1) is 65.7. The maximum atomic E-state index is 4.54. The molecule has 0 saturated carbocycles. The van der Waals surface area contributed by atoms with Crippen LogP contribution in [0.25, 0.3) is 0 Å². The first-order chi connectivity index (χ1) is 31.6. The van der Waals surface area contributed by atoms with E-state index < -0.39 is 0 Å². The standard InChI is InChI=1S/C12H21N.C11H18S.2C10H18N2.2C9H15NS/c1-8-9(2)11(4)13(10(8)3)12(5,6)7;1-7-8(2)10(11(4,5)6)12-9(7)3;1-7-9(10(3,4)5)12(6)8(2)11-7;1-7-8(2)12(6)9(11-7)10(3,4)5;1-6-8(9(3,4)5)10-7(2)11-6;1-6-8(9(3,4)5)11-7(2)10-6/h1-7H3;3*1-6H3;2*1-5H3. The van der Waals surface area contributed by atoms with E-state index in [0.29, 0.717) is 5.41 Å². The van der Waals surface area contributed by atoms with Gasteiger partial charge in [-0.1, -0.05) is 104 Å². The maximum Gasteiger partial charge on any atom is 0.114 e.